The van der Waals surface area contributed by atoms with Gasteiger partial charge in [0.05, 0.1) is 16.6 Å². The van der Waals surface area contributed by atoms with Crippen LogP contribution in [0.2, 0.25) is 0 Å². The van der Waals surface area contributed by atoms with Crippen molar-refractivity contribution in [2.45, 2.75) is 6.18 Å². The number of halogens is 4. The average molecular weight is 363 g/mol. The minimum absolute atomic E-state index is 0.00268. The number of rotatable bonds is 3. The molecule has 2 heterocycles. The van der Waals surface area contributed by atoms with E-state index in [0.29, 0.717) is 0 Å². The van der Waals surface area contributed by atoms with Crippen molar-refractivity contribution in [2.75, 3.05) is 5.32 Å². The Labute approximate surface area is 124 Å². The van der Waals surface area contributed by atoms with Crippen LogP contribution in [0.1, 0.15) is 5.56 Å². The molecule has 0 aliphatic heterocycles. The van der Waals surface area contributed by atoms with Crippen molar-refractivity contribution in [1.29, 1.82) is 0 Å². The predicted octanol–water partition coefficient (Wildman–Crippen LogP) is 3.91. The van der Waals surface area contributed by atoms with Gasteiger partial charge in [-0.15, -0.1) is 0 Å². The summed E-state index contributed by atoms with van der Waals surface area (Å²) in [5.74, 6) is -0.118. The second-order valence-electron chi connectivity index (χ2n) is 3.84. The van der Waals surface area contributed by atoms with Crippen LogP contribution >= 0.6 is 15.9 Å². The van der Waals surface area contributed by atoms with Crippen LogP contribution in [0.3, 0.4) is 0 Å². The van der Waals surface area contributed by atoms with Gasteiger partial charge in [0.1, 0.15) is 16.2 Å². The van der Waals surface area contributed by atoms with Crippen molar-refractivity contribution in [2.24, 2.45) is 0 Å². The van der Waals surface area contributed by atoms with E-state index >= 15 is 0 Å². The molecule has 0 aliphatic carbocycles. The molecular formula is C11H6BrF3N4O2. The largest absolute Gasteiger partial charge is 0.416 e. The van der Waals surface area contributed by atoms with E-state index in [2.05, 4.69) is 31.2 Å². The van der Waals surface area contributed by atoms with Crippen LogP contribution in [-0.4, -0.2) is 14.9 Å². The summed E-state index contributed by atoms with van der Waals surface area (Å²) in [5.41, 5.74) is -1.14. The molecule has 1 N–H and O–H groups in total. The summed E-state index contributed by atoms with van der Waals surface area (Å²) in [7, 11) is 0. The second kappa shape index (κ2) is 5.64. The minimum atomic E-state index is -4.50. The summed E-state index contributed by atoms with van der Waals surface area (Å²) in [5, 5.41) is 13.2. The highest BCUT2D eigenvalue weighted by Gasteiger charge is 2.30. The number of nitrogens with zero attached hydrogens (tertiary/aromatic N) is 3. The van der Waals surface area contributed by atoms with Gasteiger partial charge in [-0.05, 0) is 28.1 Å². The molecule has 0 aromatic carbocycles. The van der Waals surface area contributed by atoms with Gasteiger partial charge in [0.15, 0.2) is 0 Å². The molecule has 2 aromatic rings. The third-order valence-electron chi connectivity index (χ3n) is 2.33. The zero-order chi connectivity index (χ0) is 15.6. The zero-order valence-corrected chi connectivity index (χ0v) is 11.6. The molecule has 110 valence electrons. The Morgan fingerprint density at radius 2 is 1.95 bits per heavy atom. The maximum absolute atomic E-state index is 12.6. The highest BCUT2D eigenvalue weighted by molar-refractivity contribution is 9.10. The molecule has 0 saturated carbocycles. The van der Waals surface area contributed by atoms with Crippen molar-refractivity contribution in [1.82, 2.24) is 9.97 Å². The smallest absolute Gasteiger partial charge is 0.325 e. The standard InChI is InChI=1S/C11H6BrF3N4O2/c12-8-4-7(19(20)21)5-10(17-8)18-9-3-6(1-2-16-9)11(13,14)15/h1-5H,(H,16,17,18). The van der Waals surface area contributed by atoms with Crippen LogP contribution in [0, 0.1) is 10.1 Å². The molecule has 0 saturated heterocycles. The fourth-order valence-corrected chi connectivity index (χ4v) is 1.88. The van der Waals surface area contributed by atoms with Gasteiger partial charge in [0.25, 0.3) is 5.69 Å². The fraction of sp³-hybridized carbons (Fsp3) is 0.0909. The van der Waals surface area contributed by atoms with Crippen molar-refractivity contribution in [3.63, 3.8) is 0 Å². The second-order valence-corrected chi connectivity index (χ2v) is 4.66. The molecule has 2 aromatic heterocycles. The van der Waals surface area contributed by atoms with Gasteiger partial charge in [-0.25, -0.2) is 9.97 Å². The average Bonchev–Trinajstić information content (AvgIpc) is 2.37. The Hall–Kier alpha value is -2.23. The molecule has 0 aliphatic rings. The van der Waals surface area contributed by atoms with Crippen molar-refractivity contribution >= 4 is 33.3 Å². The summed E-state index contributed by atoms with van der Waals surface area (Å²) in [6.07, 6.45) is -3.52. The molecule has 21 heavy (non-hydrogen) atoms. The summed E-state index contributed by atoms with van der Waals surface area (Å²) in [4.78, 5) is 17.7. The summed E-state index contributed by atoms with van der Waals surface area (Å²) < 4.78 is 37.9. The van der Waals surface area contributed by atoms with Crippen LogP contribution in [0.5, 0.6) is 0 Å². The fourth-order valence-electron chi connectivity index (χ4n) is 1.46. The Balaban J connectivity index is 2.32. The monoisotopic (exact) mass is 362 g/mol. The minimum Gasteiger partial charge on any atom is -0.325 e. The lowest BCUT2D eigenvalue weighted by atomic mass is 10.2. The van der Waals surface area contributed by atoms with Crippen molar-refractivity contribution in [3.8, 4) is 0 Å². The topological polar surface area (TPSA) is 81.0 Å². The highest BCUT2D eigenvalue weighted by Crippen LogP contribution is 2.30. The molecule has 2 rings (SSSR count). The predicted molar refractivity (Wildman–Crippen MR) is 71.1 cm³/mol. The van der Waals surface area contributed by atoms with Crippen molar-refractivity contribution < 1.29 is 18.1 Å². The number of hydrogen-bond acceptors (Lipinski definition) is 5. The number of nitrogens with one attached hydrogen (secondary N) is 1. The molecule has 0 bridgehead atoms. The van der Waals surface area contributed by atoms with Gasteiger partial charge < -0.3 is 5.32 Å². The van der Waals surface area contributed by atoms with Crippen molar-refractivity contribution in [3.05, 3.63) is 50.7 Å². The van der Waals surface area contributed by atoms with E-state index in [4.69, 9.17) is 0 Å². The first-order chi connectivity index (χ1) is 9.75. The van der Waals surface area contributed by atoms with E-state index in [1.54, 1.807) is 0 Å². The van der Waals surface area contributed by atoms with Crippen LogP contribution in [-0.2, 0) is 6.18 Å². The molecular weight excluding hydrogens is 357 g/mol. The first-order valence-corrected chi connectivity index (χ1v) is 6.17. The van der Waals surface area contributed by atoms with E-state index in [1.165, 1.54) is 6.07 Å². The van der Waals surface area contributed by atoms with Crippen LogP contribution in [0.25, 0.3) is 0 Å². The SMILES string of the molecule is O=[N+]([O-])c1cc(Br)nc(Nc2cc(C(F)(F)F)ccn2)c1. The lowest BCUT2D eigenvalue weighted by Crippen LogP contribution is -2.06. The molecule has 0 unspecified atom stereocenters. The molecule has 0 radical (unpaired) electrons. The lowest BCUT2D eigenvalue weighted by molar-refractivity contribution is -0.384. The first kappa shape index (κ1) is 15.2. The third-order valence-corrected chi connectivity index (χ3v) is 2.74. The molecule has 10 heteroatoms. The molecule has 0 amide bonds. The summed E-state index contributed by atoms with van der Waals surface area (Å²) in [6, 6.07) is 3.87. The van der Waals surface area contributed by atoms with Gasteiger partial charge in [-0.3, -0.25) is 10.1 Å². The van der Waals surface area contributed by atoms with Crippen LogP contribution in [0.15, 0.2) is 35.1 Å². The Morgan fingerprint density at radius 1 is 1.24 bits per heavy atom. The number of aromatic nitrogens is 2. The number of hydrogen-bond donors (Lipinski definition) is 1. The van der Waals surface area contributed by atoms with E-state index in [-0.39, 0.29) is 21.9 Å². The van der Waals surface area contributed by atoms with E-state index in [9.17, 15) is 23.3 Å². The summed E-state index contributed by atoms with van der Waals surface area (Å²) in [6.45, 7) is 0. The zero-order valence-electron chi connectivity index (χ0n) is 10.1. The Bertz CT molecular complexity index is 693. The third kappa shape index (κ3) is 3.88. The number of anilines is 2. The first-order valence-electron chi connectivity index (χ1n) is 5.38. The van der Waals surface area contributed by atoms with Crippen LogP contribution < -0.4 is 5.32 Å². The highest BCUT2D eigenvalue weighted by atomic mass is 79.9. The lowest BCUT2D eigenvalue weighted by Gasteiger charge is -2.09. The molecule has 0 fully saturated rings. The van der Waals surface area contributed by atoms with Gasteiger partial charge in [0.2, 0.25) is 0 Å². The molecule has 0 atom stereocenters. The molecule has 0 spiro atoms. The Morgan fingerprint density at radius 3 is 2.57 bits per heavy atom. The maximum Gasteiger partial charge on any atom is 0.416 e. The Kier molecular flexibility index (Phi) is 4.07. The number of nitro groups is 1. The van der Waals surface area contributed by atoms with Gasteiger partial charge in [-0.2, -0.15) is 13.2 Å². The number of pyridine rings is 2. The van der Waals surface area contributed by atoms with Gasteiger partial charge >= 0.3 is 6.18 Å². The van der Waals surface area contributed by atoms with Crippen LogP contribution in [0.4, 0.5) is 30.5 Å². The maximum atomic E-state index is 12.6. The number of alkyl halides is 3. The van der Waals surface area contributed by atoms with E-state index in [1.807, 2.05) is 0 Å². The van der Waals surface area contributed by atoms with E-state index in [0.717, 1.165) is 24.4 Å². The summed E-state index contributed by atoms with van der Waals surface area (Å²) >= 11 is 2.98. The normalized spacial score (nSPS) is 11.2. The van der Waals surface area contributed by atoms with Gasteiger partial charge in [-0.1, -0.05) is 0 Å². The quantitative estimate of drug-likeness (QED) is 0.508. The van der Waals surface area contributed by atoms with Gasteiger partial charge in [0, 0.05) is 12.3 Å². The molecule has 6 nitrogen and oxygen atoms in total. The van der Waals surface area contributed by atoms with E-state index < -0.39 is 16.7 Å².